The molecular weight excluding hydrogens is 252 g/mol. The summed E-state index contributed by atoms with van der Waals surface area (Å²) in [6, 6.07) is 4.79. The van der Waals surface area contributed by atoms with E-state index in [0.717, 1.165) is 0 Å². The largest absolute Gasteiger partial charge is 0.398 e. The molecule has 0 radical (unpaired) electrons. The molecule has 0 aromatic heterocycles. The van der Waals surface area contributed by atoms with E-state index in [1.807, 2.05) is 13.8 Å². The van der Waals surface area contributed by atoms with Crippen LogP contribution < -0.4 is 11.1 Å². The standard InChI is InChI=1S/C13H19ClN2O2/c1-8(2)12(7-18-3)16-13(17)10-6-9(14)4-5-11(10)15/h4-6,8,12H,7,15H2,1-3H3,(H,16,17). The van der Waals surface area contributed by atoms with E-state index in [1.165, 1.54) is 0 Å². The molecule has 3 N–H and O–H groups in total. The molecule has 1 aromatic carbocycles. The van der Waals surface area contributed by atoms with Crippen molar-refractivity contribution in [3.63, 3.8) is 0 Å². The minimum absolute atomic E-state index is 0.0547. The Morgan fingerprint density at radius 1 is 1.50 bits per heavy atom. The van der Waals surface area contributed by atoms with Crippen molar-refractivity contribution in [2.75, 3.05) is 19.5 Å². The van der Waals surface area contributed by atoms with E-state index in [2.05, 4.69) is 5.32 Å². The Labute approximate surface area is 112 Å². The molecular formula is C13H19ClN2O2. The van der Waals surface area contributed by atoms with Gasteiger partial charge in [-0.1, -0.05) is 25.4 Å². The van der Waals surface area contributed by atoms with Gasteiger partial charge >= 0.3 is 0 Å². The third-order valence-electron chi connectivity index (χ3n) is 2.73. The smallest absolute Gasteiger partial charge is 0.253 e. The monoisotopic (exact) mass is 270 g/mol. The summed E-state index contributed by atoms with van der Waals surface area (Å²) in [6.07, 6.45) is 0. The number of anilines is 1. The van der Waals surface area contributed by atoms with Gasteiger partial charge in [0, 0.05) is 17.8 Å². The first-order valence-corrected chi connectivity index (χ1v) is 6.18. The zero-order valence-electron chi connectivity index (χ0n) is 10.9. The van der Waals surface area contributed by atoms with E-state index >= 15 is 0 Å². The summed E-state index contributed by atoms with van der Waals surface area (Å²) < 4.78 is 5.08. The van der Waals surface area contributed by atoms with Crippen LogP contribution in [0.2, 0.25) is 5.02 Å². The number of nitrogens with two attached hydrogens (primary N) is 1. The molecule has 0 aliphatic carbocycles. The normalized spacial score (nSPS) is 12.5. The lowest BCUT2D eigenvalue weighted by molar-refractivity contribution is 0.0867. The highest BCUT2D eigenvalue weighted by molar-refractivity contribution is 6.31. The van der Waals surface area contributed by atoms with Gasteiger partial charge in [-0.25, -0.2) is 0 Å². The van der Waals surface area contributed by atoms with Crippen LogP contribution in [-0.2, 0) is 4.74 Å². The van der Waals surface area contributed by atoms with Crippen molar-refractivity contribution in [3.05, 3.63) is 28.8 Å². The maximum absolute atomic E-state index is 12.1. The quantitative estimate of drug-likeness (QED) is 0.807. The molecule has 1 amide bonds. The molecule has 100 valence electrons. The van der Waals surface area contributed by atoms with Gasteiger partial charge in [0.05, 0.1) is 18.2 Å². The lowest BCUT2D eigenvalue weighted by atomic mass is 10.0. The molecule has 1 rings (SSSR count). The van der Waals surface area contributed by atoms with E-state index in [9.17, 15) is 4.79 Å². The Hall–Kier alpha value is -1.26. The van der Waals surface area contributed by atoms with E-state index in [-0.39, 0.29) is 17.9 Å². The summed E-state index contributed by atoms with van der Waals surface area (Å²) in [7, 11) is 1.61. The molecule has 0 heterocycles. The zero-order valence-corrected chi connectivity index (χ0v) is 11.6. The number of ether oxygens (including phenoxy) is 1. The molecule has 0 saturated heterocycles. The SMILES string of the molecule is COCC(NC(=O)c1cc(Cl)ccc1N)C(C)C. The Morgan fingerprint density at radius 3 is 2.72 bits per heavy atom. The topological polar surface area (TPSA) is 64.3 Å². The zero-order chi connectivity index (χ0) is 13.7. The minimum atomic E-state index is -0.231. The van der Waals surface area contributed by atoms with Gasteiger partial charge in [-0.3, -0.25) is 4.79 Å². The minimum Gasteiger partial charge on any atom is -0.398 e. The number of nitrogen functional groups attached to an aromatic ring is 1. The molecule has 4 nitrogen and oxygen atoms in total. The number of hydrogen-bond acceptors (Lipinski definition) is 3. The van der Waals surface area contributed by atoms with Crippen molar-refractivity contribution in [3.8, 4) is 0 Å². The number of nitrogens with one attached hydrogen (secondary N) is 1. The lowest BCUT2D eigenvalue weighted by Gasteiger charge is -2.22. The van der Waals surface area contributed by atoms with Crippen LogP contribution in [-0.4, -0.2) is 25.7 Å². The number of benzene rings is 1. The molecule has 0 saturated carbocycles. The third-order valence-corrected chi connectivity index (χ3v) is 2.96. The van der Waals surface area contributed by atoms with Gasteiger partial charge in [0.15, 0.2) is 0 Å². The van der Waals surface area contributed by atoms with Crippen LogP contribution in [0.4, 0.5) is 5.69 Å². The summed E-state index contributed by atoms with van der Waals surface area (Å²) in [4.78, 5) is 12.1. The van der Waals surface area contributed by atoms with Crippen LogP contribution in [0.25, 0.3) is 0 Å². The van der Waals surface area contributed by atoms with E-state index in [0.29, 0.717) is 22.9 Å². The molecule has 5 heteroatoms. The van der Waals surface area contributed by atoms with Crippen LogP contribution in [0.3, 0.4) is 0 Å². The van der Waals surface area contributed by atoms with Gasteiger partial charge in [-0.2, -0.15) is 0 Å². The molecule has 18 heavy (non-hydrogen) atoms. The molecule has 0 bridgehead atoms. The molecule has 0 fully saturated rings. The number of carbonyl (C=O) groups is 1. The van der Waals surface area contributed by atoms with Crippen molar-refractivity contribution < 1.29 is 9.53 Å². The maximum Gasteiger partial charge on any atom is 0.253 e. The van der Waals surface area contributed by atoms with E-state index in [4.69, 9.17) is 22.1 Å². The first kappa shape index (κ1) is 14.8. The molecule has 0 spiro atoms. The highest BCUT2D eigenvalue weighted by Crippen LogP contribution is 2.18. The summed E-state index contributed by atoms with van der Waals surface area (Å²) in [6.45, 7) is 4.50. The highest BCUT2D eigenvalue weighted by Gasteiger charge is 2.18. The van der Waals surface area contributed by atoms with Gasteiger partial charge in [0.2, 0.25) is 0 Å². The van der Waals surface area contributed by atoms with Crippen molar-refractivity contribution in [1.82, 2.24) is 5.32 Å². The molecule has 0 aliphatic rings. The van der Waals surface area contributed by atoms with Gasteiger partial charge in [-0.05, 0) is 24.1 Å². The number of amides is 1. The fourth-order valence-electron chi connectivity index (χ4n) is 1.55. The molecule has 0 aliphatic heterocycles. The Kier molecular flexibility index (Phi) is 5.44. The average molecular weight is 271 g/mol. The fourth-order valence-corrected chi connectivity index (χ4v) is 1.72. The van der Waals surface area contributed by atoms with Crippen molar-refractivity contribution in [2.45, 2.75) is 19.9 Å². The maximum atomic E-state index is 12.1. The third kappa shape index (κ3) is 3.89. The summed E-state index contributed by atoms with van der Waals surface area (Å²) >= 11 is 5.86. The second-order valence-electron chi connectivity index (χ2n) is 4.51. The second-order valence-corrected chi connectivity index (χ2v) is 4.95. The number of hydrogen-bond donors (Lipinski definition) is 2. The summed E-state index contributed by atoms with van der Waals surface area (Å²) in [5.41, 5.74) is 6.57. The van der Waals surface area contributed by atoms with Crippen molar-refractivity contribution >= 4 is 23.2 Å². The van der Waals surface area contributed by atoms with Gasteiger partial charge < -0.3 is 15.8 Å². The predicted molar refractivity (Wildman–Crippen MR) is 73.8 cm³/mol. The Morgan fingerprint density at radius 2 is 2.17 bits per heavy atom. The molecule has 1 aromatic rings. The van der Waals surface area contributed by atoms with Crippen molar-refractivity contribution in [1.29, 1.82) is 0 Å². The van der Waals surface area contributed by atoms with Crippen LogP contribution in [0.15, 0.2) is 18.2 Å². The summed E-state index contributed by atoms with van der Waals surface area (Å²) in [5, 5.41) is 3.39. The Balaban J connectivity index is 2.83. The fraction of sp³-hybridized carbons (Fsp3) is 0.462. The molecule has 1 atom stereocenters. The van der Waals surface area contributed by atoms with Crippen LogP contribution in [0.5, 0.6) is 0 Å². The van der Waals surface area contributed by atoms with Gasteiger partial charge in [-0.15, -0.1) is 0 Å². The number of carbonyl (C=O) groups excluding carboxylic acids is 1. The first-order chi connectivity index (χ1) is 8.45. The van der Waals surface area contributed by atoms with Gasteiger partial charge in [0.25, 0.3) is 5.91 Å². The number of methoxy groups -OCH3 is 1. The molecule has 1 unspecified atom stereocenters. The van der Waals surface area contributed by atoms with Crippen molar-refractivity contribution in [2.24, 2.45) is 5.92 Å². The highest BCUT2D eigenvalue weighted by atomic mass is 35.5. The van der Waals surface area contributed by atoms with E-state index in [1.54, 1.807) is 25.3 Å². The van der Waals surface area contributed by atoms with Gasteiger partial charge in [0.1, 0.15) is 0 Å². The lowest BCUT2D eigenvalue weighted by Crippen LogP contribution is -2.41. The van der Waals surface area contributed by atoms with Crippen LogP contribution in [0.1, 0.15) is 24.2 Å². The summed E-state index contributed by atoms with van der Waals surface area (Å²) in [5.74, 6) is 0.0417. The van der Waals surface area contributed by atoms with Crippen LogP contribution >= 0.6 is 11.6 Å². The van der Waals surface area contributed by atoms with Crippen LogP contribution in [0, 0.1) is 5.92 Å². The average Bonchev–Trinajstić information content (AvgIpc) is 2.31. The van der Waals surface area contributed by atoms with E-state index < -0.39 is 0 Å². The second kappa shape index (κ2) is 6.61. The predicted octanol–water partition coefficient (Wildman–Crippen LogP) is 2.32. The number of halogens is 1. The number of rotatable bonds is 5. The Bertz CT molecular complexity index is 421. The first-order valence-electron chi connectivity index (χ1n) is 5.80.